The molecule has 1 heterocycles. The second-order valence-corrected chi connectivity index (χ2v) is 6.96. The fraction of sp³-hybridized carbons (Fsp3) is 0. The van der Waals surface area contributed by atoms with E-state index in [1.54, 1.807) is 21.7 Å². The van der Waals surface area contributed by atoms with Crippen LogP contribution in [-0.4, -0.2) is 25.4 Å². The Kier molecular flexibility index (Phi) is 5.76. The zero-order chi connectivity index (χ0) is 18.8. The molecule has 0 atom stereocenters. The van der Waals surface area contributed by atoms with Crippen LogP contribution in [0.2, 0.25) is 0 Å². The van der Waals surface area contributed by atoms with Crippen molar-refractivity contribution in [3.8, 4) is 22.8 Å². The van der Waals surface area contributed by atoms with Gasteiger partial charge in [-0.1, -0.05) is 18.2 Å². The number of hydrogen-bond donors (Lipinski definition) is 0. The third-order valence-corrected chi connectivity index (χ3v) is 4.66. The quantitative estimate of drug-likeness (QED) is 0.191. The lowest BCUT2D eigenvalue weighted by molar-refractivity contribution is -0.734. The zero-order valence-electron chi connectivity index (χ0n) is 14.4. The molecule has 9 heteroatoms. The molecule has 0 saturated carbocycles. The Hall–Kier alpha value is -3.18. The maximum absolute atomic E-state index is 10.9. The van der Waals surface area contributed by atoms with Crippen LogP contribution in [0.4, 0.5) is 5.69 Å². The number of nitro groups is 1. The first-order chi connectivity index (χ1) is 13.1. The predicted octanol–water partition coefficient (Wildman–Crippen LogP) is 2.90. The first-order valence-electron chi connectivity index (χ1n) is 8.08. The lowest BCUT2D eigenvalue weighted by atomic mass is 10.2. The molecule has 0 amide bonds. The minimum atomic E-state index is -0.423. The molecule has 0 aliphatic heterocycles. The van der Waals surface area contributed by atoms with Crippen LogP contribution in [-0.2, 0) is 0 Å². The molecule has 0 radical (unpaired) electrons. The topological polar surface area (TPSA) is 109 Å². The van der Waals surface area contributed by atoms with Crippen LogP contribution in [0.5, 0.6) is 0 Å². The second kappa shape index (κ2) is 8.23. The molecule has 0 bridgehead atoms. The highest BCUT2D eigenvalue weighted by Crippen LogP contribution is 2.17. The molecule has 3 aromatic carbocycles. The van der Waals surface area contributed by atoms with Gasteiger partial charge in [0.2, 0.25) is 0 Å². The Balaban J connectivity index is 0.00000225. The lowest BCUT2D eigenvalue weighted by Gasteiger charge is -2.00. The van der Waals surface area contributed by atoms with E-state index in [4.69, 9.17) is 0 Å². The van der Waals surface area contributed by atoms with Crippen LogP contribution in [0.25, 0.3) is 22.8 Å². The summed E-state index contributed by atoms with van der Waals surface area (Å²) in [5.41, 5.74) is 2.43. The molecule has 0 saturated heterocycles. The molecule has 0 spiro atoms. The van der Waals surface area contributed by atoms with E-state index in [1.807, 2.05) is 54.6 Å². The van der Waals surface area contributed by atoms with Crippen molar-refractivity contribution in [2.45, 2.75) is 0 Å². The van der Waals surface area contributed by atoms with E-state index < -0.39 is 4.92 Å². The molecule has 4 rings (SSSR count). The standard InChI is InChI=1S/C19H13IN5O2.H2O/c20-15-6-8-16(9-7-15)23-21-19(14-4-2-1-3-5-14)22-24(23)17-10-12-18(13-11-17)25(26)27;/h1-13H;1H2/q+1;. The largest absolute Gasteiger partial charge is 0.412 e. The minimum absolute atomic E-state index is 0. The maximum atomic E-state index is 10.9. The van der Waals surface area contributed by atoms with E-state index in [0.717, 1.165) is 14.8 Å². The molecule has 8 nitrogen and oxygen atoms in total. The number of nitrogens with zero attached hydrogens (tertiary/aromatic N) is 5. The Morgan fingerprint density at radius 1 is 0.929 bits per heavy atom. The van der Waals surface area contributed by atoms with Gasteiger partial charge in [0.25, 0.3) is 5.69 Å². The number of aromatic nitrogens is 4. The first-order valence-corrected chi connectivity index (χ1v) is 9.15. The summed E-state index contributed by atoms with van der Waals surface area (Å²) in [6.45, 7) is 0. The van der Waals surface area contributed by atoms with Gasteiger partial charge in [0.05, 0.1) is 15.6 Å². The van der Waals surface area contributed by atoms with Crippen molar-refractivity contribution in [1.29, 1.82) is 0 Å². The highest BCUT2D eigenvalue weighted by Gasteiger charge is 2.23. The molecule has 0 aliphatic carbocycles. The summed E-state index contributed by atoms with van der Waals surface area (Å²) < 4.78 is 1.11. The number of rotatable bonds is 4. The number of non-ortho nitro benzene ring substituents is 1. The molecular weight excluding hydrogens is 473 g/mol. The van der Waals surface area contributed by atoms with Crippen molar-refractivity contribution in [3.63, 3.8) is 0 Å². The monoisotopic (exact) mass is 488 g/mol. The van der Waals surface area contributed by atoms with Crippen molar-refractivity contribution in [1.82, 2.24) is 15.0 Å². The molecule has 0 unspecified atom stereocenters. The van der Waals surface area contributed by atoms with E-state index in [0.29, 0.717) is 11.5 Å². The van der Waals surface area contributed by atoms with Gasteiger partial charge >= 0.3 is 5.82 Å². The van der Waals surface area contributed by atoms with Crippen molar-refractivity contribution in [2.24, 2.45) is 0 Å². The summed E-state index contributed by atoms with van der Waals surface area (Å²) in [6.07, 6.45) is 0. The predicted molar refractivity (Wildman–Crippen MR) is 111 cm³/mol. The Morgan fingerprint density at radius 2 is 1.57 bits per heavy atom. The maximum Gasteiger partial charge on any atom is 0.340 e. The van der Waals surface area contributed by atoms with Gasteiger partial charge in [-0.05, 0) is 81.0 Å². The number of benzene rings is 3. The van der Waals surface area contributed by atoms with Gasteiger partial charge in [-0.15, -0.1) is 0 Å². The van der Waals surface area contributed by atoms with E-state index in [-0.39, 0.29) is 11.2 Å². The SMILES string of the molecule is O.O=[N+]([O-])c1ccc(-n2nc(-c3ccccc3)n[n+]2-c2ccc(I)cc2)cc1. The summed E-state index contributed by atoms with van der Waals surface area (Å²) in [6, 6.07) is 23.8. The molecule has 2 N–H and O–H groups in total. The van der Waals surface area contributed by atoms with Crippen molar-refractivity contribution in [3.05, 3.63) is 92.5 Å². The third kappa shape index (κ3) is 3.89. The normalized spacial score (nSPS) is 10.3. The van der Waals surface area contributed by atoms with Crippen LogP contribution >= 0.6 is 22.6 Å². The van der Waals surface area contributed by atoms with Crippen molar-refractivity contribution < 1.29 is 15.2 Å². The molecule has 4 aromatic rings. The molecule has 1 aromatic heterocycles. The summed E-state index contributed by atoms with van der Waals surface area (Å²) in [7, 11) is 0. The smallest absolute Gasteiger partial charge is 0.340 e. The molecule has 140 valence electrons. The lowest BCUT2D eigenvalue weighted by Crippen LogP contribution is -2.43. The fourth-order valence-corrected chi connectivity index (χ4v) is 2.96. The van der Waals surface area contributed by atoms with E-state index in [9.17, 15) is 10.1 Å². The number of halogens is 1. The fourth-order valence-electron chi connectivity index (χ4n) is 2.60. The van der Waals surface area contributed by atoms with Crippen LogP contribution < -0.4 is 4.80 Å². The number of nitro benzene ring substituents is 1. The van der Waals surface area contributed by atoms with E-state index >= 15 is 0 Å². The summed E-state index contributed by atoms with van der Waals surface area (Å²) in [5.74, 6) is 0.563. The Morgan fingerprint density at radius 3 is 2.18 bits per heavy atom. The Labute approximate surface area is 173 Å². The molecule has 28 heavy (non-hydrogen) atoms. The number of hydrogen-bond acceptors (Lipinski definition) is 4. The highest BCUT2D eigenvalue weighted by molar-refractivity contribution is 14.1. The first kappa shape index (κ1) is 19.6. The average Bonchev–Trinajstić information content (AvgIpc) is 3.15. The van der Waals surface area contributed by atoms with E-state index in [1.165, 1.54) is 12.1 Å². The van der Waals surface area contributed by atoms with Gasteiger partial charge in [-0.25, -0.2) is 0 Å². The number of tetrazole rings is 1. The molecular formula is C19H15IN5O3+. The summed E-state index contributed by atoms with van der Waals surface area (Å²) in [4.78, 5) is 13.8. The van der Waals surface area contributed by atoms with Gasteiger partial charge in [0, 0.05) is 20.5 Å². The van der Waals surface area contributed by atoms with E-state index in [2.05, 4.69) is 32.8 Å². The van der Waals surface area contributed by atoms with Gasteiger partial charge < -0.3 is 5.48 Å². The van der Waals surface area contributed by atoms with Gasteiger partial charge in [0.15, 0.2) is 5.69 Å². The molecule has 0 fully saturated rings. The van der Waals surface area contributed by atoms with Crippen LogP contribution in [0.1, 0.15) is 0 Å². The highest BCUT2D eigenvalue weighted by atomic mass is 127. The summed E-state index contributed by atoms with van der Waals surface area (Å²) >= 11 is 2.24. The van der Waals surface area contributed by atoms with Gasteiger partial charge in [0.1, 0.15) is 5.69 Å². The van der Waals surface area contributed by atoms with Gasteiger partial charge in [-0.2, -0.15) is 0 Å². The van der Waals surface area contributed by atoms with Crippen LogP contribution in [0, 0.1) is 13.7 Å². The Bertz CT molecular complexity index is 1100. The third-order valence-electron chi connectivity index (χ3n) is 3.94. The second-order valence-electron chi connectivity index (χ2n) is 5.72. The van der Waals surface area contributed by atoms with Crippen LogP contribution in [0.15, 0.2) is 78.9 Å². The van der Waals surface area contributed by atoms with Crippen LogP contribution in [0.3, 0.4) is 0 Å². The molecule has 0 aliphatic rings. The van der Waals surface area contributed by atoms with Crippen molar-refractivity contribution >= 4 is 28.3 Å². The van der Waals surface area contributed by atoms with Gasteiger partial charge in [-0.3, -0.25) is 10.1 Å². The average molecular weight is 488 g/mol. The summed E-state index contributed by atoms with van der Waals surface area (Å²) in [5, 5.41) is 20.2. The minimum Gasteiger partial charge on any atom is -0.412 e. The van der Waals surface area contributed by atoms with Crippen molar-refractivity contribution in [2.75, 3.05) is 0 Å². The zero-order valence-corrected chi connectivity index (χ0v) is 16.6.